The summed E-state index contributed by atoms with van der Waals surface area (Å²) in [7, 11) is 0. The average Bonchev–Trinajstić information content (AvgIpc) is 2.72. The van der Waals surface area contributed by atoms with Crippen LogP contribution in [0.4, 0.5) is 11.4 Å². The first-order valence-electron chi connectivity index (χ1n) is 10.7. The van der Waals surface area contributed by atoms with Gasteiger partial charge < -0.3 is 11.5 Å². The van der Waals surface area contributed by atoms with Gasteiger partial charge in [-0.15, -0.1) is 0 Å². The highest BCUT2D eigenvalue weighted by Crippen LogP contribution is 2.35. The highest BCUT2D eigenvalue weighted by atomic mass is 16.1. The minimum absolute atomic E-state index is 0.170. The molecule has 4 N–H and O–H groups in total. The van der Waals surface area contributed by atoms with E-state index >= 15 is 0 Å². The fourth-order valence-electron chi connectivity index (χ4n) is 3.99. The molecule has 1 aliphatic carbocycles. The molecule has 3 heteroatoms. The van der Waals surface area contributed by atoms with E-state index < -0.39 is 0 Å². The monoisotopic (exact) mass is 388 g/mol. The number of rotatable bonds is 7. The van der Waals surface area contributed by atoms with Crippen molar-refractivity contribution in [1.29, 1.82) is 0 Å². The van der Waals surface area contributed by atoms with Gasteiger partial charge in [0, 0.05) is 22.5 Å². The second-order valence-electron chi connectivity index (χ2n) is 8.13. The molecular weight excluding hydrogens is 356 g/mol. The van der Waals surface area contributed by atoms with Gasteiger partial charge >= 0.3 is 0 Å². The van der Waals surface area contributed by atoms with E-state index in [1.807, 2.05) is 60.7 Å². The number of hydrogen-bond donors (Lipinski definition) is 2. The molecule has 0 saturated heterocycles. The summed E-state index contributed by atoms with van der Waals surface area (Å²) in [4.78, 5) is 13.2. The molecule has 3 rings (SSSR count). The van der Waals surface area contributed by atoms with Gasteiger partial charge in [-0.05, 0) is 72.7 Å². The zero-order chi connectivity index (χ0) is 20.6. The molecule has 0 aromatic heterocycles. The molecule has 0 aliphatic heterocycles. The fraction of sp³-hybridized carbons (Fsp3) is 0.346. The molecule has 0 atom stereocenters. The second-order valence-corrected chi connectivity index (χ2v) is 8.13. The van der Waals surface area contributed by atoms with Gasteiger partial charge in [-0.2, -0.15) is 0 Å². The number of nitrogen functional groups attached to an aromatic ring is 2. The van der Waals surface area contributed by atoms with E-state index in [1.165, 1.54) is 32.1 Å². The number of hydrogen-bond acceptors (Lipinski definition) is 3. The van der Waals surface area contributed by atoms with Crippen LogP contribution in [-0.4, -0.2) is 5.78 Å². The van der Waals surface area contributed by atoms with E-state index in [1.54, 1.807) is 0 Å². The average molecular weight is 389 g/mol. The van der Waals surface area contributed by atoms with E-state index in [2.05, 4.69) is 6.92 Å². The van der Waals surface area contributed by atoms with Gasteiger partial charge in [-0.1, -0.05) is 56.9 Å². The van der Waals surface area contributed by atoms with Crippen molar-refractivity contribution in [2.75, 3.05) is 11.5 Å². The Labute approximate surface area is 174 Å². The molecule has 1 fully saturated rings. The predicted octanol–water partition coefficient (Wildman–Crippen LogP) is 6.27. The van der Waals surface area contributed by atoms with Crippen molar-refractivity contribution in [1.82, 2.24) is 0 Å². The highest BCUT2D eigenvalue weighted by Gasteiger charge is 2.27. The SMILES string of the molecule is CCCCCCC1CC(=Cc2ccc(N)cc2)C(=O)C(=Cc2ccc(N)cc2)C1. The summed E-state index contributed by atoms with van der Waals surface area (Å²) < 4.78 is 0. The molecule has 1 aliphatic rings. The van der Waals surface area contributed by atoms with Crippen LogP contribution in [0.1, 0.15) is 63.0 Å². The Hall–Kier alpha value is -2.81. The maximum absolute atomic E-state index is 13.2. The topological polar surface area (TPSA) is 69.1 Å². The van der Waals surface area contributed by atoms with Gasteiger partial charge in [-0.25, -0.2) is 0 Å². The number of anilines is 2. The lowest BCUT2D eigenvalue weighted by molar-refractivity contribution is -0.113. The van der Waals surface area contributed by atoms with Crippen LogP contribution >= 0.6 is 0 Å². The Morgan fingerprint density at radius 1 is 0.793 bits per heavy atom. The first-order chi connectivity index (χ1) is 14.0. The summed E-state index contributed by atoms with van der Waals surface area (Å²) >= 11 is 0. The molecule has 0 unspecified atom stereocenters. The summed E-state index contributed by atoms with van der Waals surface area (Å²) in [6.07, 6.45) is 12.0. The Bertz CT molecular complexity index is 808. The van der Waals surface area contributed by atoms with Crippen molar-refractivity contribution in [3.63, 3.8) is 0 Å². The molecule has 2 aromatic carbocycles. The van der Waals surface area contributed by atoms with Gasteiger partial charge in [0.05, 0.1) is 0 Å². The van der Waals surface area contributed by atoms with Gasteiger partial charge in [0.15, 0.2) is 5.78 Å². The van der Waals surface area contributed by atoms with Gasteiger partial charge in [0.25, 0.3) is 0 Å². The number of ketones is 1. The van der Waals surface area contributed by atoms with Crippen LogP contribution in [0.5, 0.6) is 0 Å². The van der Waals surface area contributed by atoms with E-state index in [0.29, 0.717) is 5.92 Å². The minimum Gasteiger partial charge on any atom is -0.399 e. The molecule has 0 radical (unpaired) electrons. The second kappa shape index (κ2) is 10.1. The summed E-state index contributed by atoms with van der Waals surface area (Å²) in [5.74, 6) is 0.688. The van der Waals surface area contributed by atoms with Crippen LogP contribution in [-0.2, 0) is 4.79 Å². The largest absolute Gasteiger partial charge is 0.399 e. The lowest BCUT2D eigenvalue weighted by Crippen LogP contribution is -2.20. The molecule has 152 valence electrons. The van der Waals surface area contributed by atoms with Gasteiger partial charge in [-0.3, -0.25) is 4.79 Å². The van der Waals surface area contributed by atoms with E-state index in [9.17, 15) is 4.79 Å². The van der Waals surface area contributed by atoms with Crippen molar-refractivity contribution >= 4 is 29.3 Å². The maximum Gasteiger partial charge on any atom is 0.185 e. The molecule has 2 aromatic rings. The predicted molar refractivity (Wildman–Crippen MR) is 124 cm³/mol. The number of benzene rings is 2. The van der Waals surface area contributed by atoms with Crippen LogP contribution in [0, 0.1) is 5.92 Å². The zero-order valence-electron chi connectivity index (χ0n) is 17.4. The fourth-order valence-corrected chi connectivity index (χ4v) is 3.99. The lowest BCUT2D eigenvalue weighted by Gasteiger charge is -2.26. The van der Waals surface area contributed by atoms with Crippen molar-refractivity contribution in [3.8, 4) is 0 Å². The smallest absolute Gasteiger partial charge is 0.185 e. The molecule has 29 heavy (non-hydrogen) atoms. The number of Topliss-reactive ketones (excluding diaryl/α,β-unsaturated/α-hetero) is 1. The number of nitrogens with two attached hydrogens (primary N) is 2. The molecule has 1 saturated carbocycles. The quantitative estimate of drug-likeness (QED) is 0.334. The highest BCUT2D eigenvalue weighted by molar-refractivity contribution is 6.14. The van der Waals surface area contributed by atoms with Crippen molar-refractivity contribution in [3.05, 3.63) is 70.8 Å². The number of carbonyl (C=O) groups is 1. The van der Waals surface area contributed by atoms with Crippen molar-refractivity contribution in [2.24, 2.45) is 5.92 Å². The third-order valence-electron chi connectivity index (χ3n) is 5.62. The first kappa shape index (κ1) is 20.9. The Balaban J connectivity index is 1.85. The number of allylic oxidation sites excluding steroid dienone is 2. The Morgan fingerprint density at radius 2 is 1.28 bits per heavy atom. The molecule has 0 heterocycles. The normalized spacial score (nSPS) is 19.8. The lowest BCUT2D eigenvalue weighted by atomic mass is 9.77. The molecule has 0 spiro atoms. The maximum atomic E-state index is 13.2. The molecule has 3 nitrogen and oxygen atoms in total. The van der Waals surface area contributed by atoms with Crippen molar-refractivity contribution < 1.29 is 4.79 Å². The summed E-state index contributed by atoms with van der Waals surface area (Å²) in [6, 6.07) is 15.4. The Morgan fingerprint density at radius 3 is 1.72 bits per heavy atom. The third kappa shape index (κ3) is 6.08. The third-order valence-corrected chi connectivity index (χ3v) is 5.62. The Kier molecular flexibility index (Phi) is 7.29. The zero-order valence-corrected chi connectivity index (χ0v) is 17.4. The number of unbranched alkanes of at least 4 members (excludes halogenated alkanes) is 3. The standard InChI is InChI=1S/C26H32N2O/c1-2-3-4-5-6-21-17-22(15-19-7-11-24(27)12-8-19)26(29)23(18-21)16-20-9-13-25(28)14-10-20/h7-16,21H,2-6,17-18,27-28H2,1H3. The molecule has 0 amide bonds. The van der Waals surface area contributed by atoms with Gasteiger partial charge in [0.2, 0.25) is 0 Å². The van der Waals surface area contributed by atoms with Crippen LogP contribution in [0.2, 0.25) is 0 Å². The number of carbonyl (C=O) groups excluding carboxylic acids is 1. The van der Waals surface area contributed by atoms with Crippen LogP contribution in [0.25, 0.3) is 12.2 Å². The van der Waals surface area contributed by atoms with E-state index in [0.717, 1.165) is 46.5 Å². The van der Waals surface area contributed by atoms with Crippen LogP contribution in [0.3, 0.4) is 0 Å². The molecule has 0 bridgehead atoms. The first-order valence-corrected chi connectivity index (χ1v) is 10.7. The summed E-state index contributed by atoms with van der Waals surface area (Å²) in [5, 5.41) is 0. The molecular formula is C26H32N2O. The summed E-state index contributed by atoms with van der Waals surface area (Å²) in [6.45, 7) is 2.24. The summed E-state index contributed by atoms with van der Waals surface area (Å²) in [5.41, 5.74) is 16.9. The minimum atomic E-state index is 0.170. The van der Waals surface area contributed by atoms with E-state index in [-0.39, 0.29) is 5.78 Å². The van der Waals surface area contributed by atoms with Crippen LogP contribution < -0.4 is 11.5 Å². The van der Waals surface area contributed by atoms with Crippen molar-refractivity contribution in [2.45, 2.75) is 51.9 Å². The van der Waals surface area contributed by atoms with Gasteiger partial charge in [0.1, 0.15) is 0 Å². The van der Waals surface area contributed by atoms with Crippen LogP contribution in [0.15, 0.2) is 59.7 Å². The van der Waals surface area contributed by atoms with E-state index in [4.69, 9.17) is 11.5 Å².